The van der Waals surface area contributed by atoms with E-state index in [1.807, 2.05) is 0 Å². The monoisotopic (exact) mass is 761 g/mol. The Morgan fingerprint density at radius 1 is 0.407 bits per heavy atom. The highest BCUT2D eigenvalue weighted by molar-refractivity contribution is 5.70. The number of carbonyl (C=O) groups is 2. The maximum atomic E-state index is 12.2. The lowest BCUT2D eigenvalue weighted by atomic mass is 10.0. The molecule has 0 saturated heterocycles. The first kappa shape index (κ1) is 52.4. The van der Waals surface area contributed by atoms with E-state index in [0.717, 1.165) is 38.5 Å². The van der Waals surface area contributed by atoms with Crippen LogP contribution in [0.3, 0.4) is 0 Å². The average Bonchev–Trinajstić information content (AvgIpc) is 3.17. The minimum absolute atomic E-state index is 0.0646. The highest BCUT2D eigenvalue weighted by Gasteiger charge is 2.16. The van der Waals surface area contributed by atoms with Gasteiger partial charge in [-0.15, -0.1) is 0 Å². The van der Waals surface area contributed by atoms with Crippen LogP contribution in [0.5, 0.6) is 0 Å². The van der Waals surface area contributed by atoms with Crippen LogP contribution in [0.25, 0.3) is 0 Å². The molecular weight excluding hydrogens is 669 g/mol. The van der Waals surface area contributed by atoms with Crippen LogP contribution >= 0.6 is 0 Å². The number of ether oxygens (including phenoxy) is 2. The molecule has 0 amide bonds. The summed E-state index contributed by atoms with van der Waals surface area (Å²) >= 11 is 0. The van der Waals surface area contributed by atoms with Gasteiger partial charge in [0.2, 0.25) is 0 Å². The molecule has 318 valence electrons. The van der Waals surface area contributed by atoms with E-state index in [1.54, 1.807) is 0 Å². The molecule has 0 aromatic carbocycles. The molecule has 0 saturated carbocycles. The lowest BCUT2D eigenvalue weighted by molar-refractivity contribution is -0.161. The predicted octanol–water partition coefficient (Wildman–Crippen LogP) is 15.4. The van der Waals surface area contributed by atoms with Crippen LogP contribution in [0.4, 0.5) is 0 Å². The van der Waals surface area contributed by atoms with Crippen LogP contribution in [0, 0.1) is 0 Å². The Hall–Kier alpha value is -1.62. The van der Waals surface area contributed by atoms with Crippen molar-refractivity contribution in [3.8, 4) is 0 Å². The van der Waals surface area contributed by atoms with Crippen molar-refractivity contribution in [1.82, 2.24) is 0 Å². The first-order chi connectivity index (χ1) is 26.6. The molecule has 1 atom stereocenters. The molecule has 1 N–H and O–H groups in total. The normalized spacial score (nSPS) is 12.3. The van der Waals surface area contributed by atoms with E-state index in [-0.39, 0.29) is 25.2 Å². The van der Waals surface area contributed by atoms with Crippen molar-refractivity contribution in [2.75, 3.05) is 13.2 Å². The number of esters is 2. The Kier molecular flexibility index (Phi) is 44.4. The van der Waals surface area contributed by atoms with Gasteiger partial charge >= 0.3 is 11.9 Å². The summed E-state index contributed by atoms with van der Waals surface area (Å²) in [7, 11) is 0. The third-order valence-corrected chi connectivity index (χ3v) is 10.7. The minimum atomic E-state index is -0.771. The third-order valence-electron chi connectivity index (χ3n) is 10.7. The van der Waals surface area contributed by atoms with E-state index in [0.29, 0.717) is 12.8 Å². The summed E-state index contributed by atoms with van der Waals surface area (Å²) in [6.45, 7) is 4.16. The van der Waals surface area contributed by atoms with Crippen LogP contribution in [-0.4, -0.2) is 36.4 Å². The summed E-state index contributed by atoms with van der Waals surface area (Å²) in [4.78, 5) is 24.4. The lowest BCUT2D eigenvalue weighted by Crippen LogP contribution is -2.28. The Morgan fingerprint density at radius 3 is 1.00 bits per heavy atom. The zero-order valence-electron chi connectivity index (χ0n) is 36.3. The Balaban J connectivity index is 3.48. The molecular formula is C49H92O5. The summed E-state index contributed by atoms with van der Waals surface area (Å²) in [5.74, 6) is -0.585. The van der Waals surface area contributed by atoms with Crippen molar-refractivity contribution in [1.29, 1.82) is 0 Å². The molecule has 54 heavy (non-hydrogen) atoms. The Morgan fingerprint density at radius 2 is 0.685 bits per heavy atom. The fourth-order valence-corrected chi connectivity index (χ4v) is 7.07. The number of aliphatic hydroxyl groups excluding tert-OH is 1. The quantitative estimate of drug-likeness (QED) is 0.0380. The number of rotatable bonds is 44. The molecule has 0 aliphatic heterocycles. The van der Waals surface area contributed by atoms with E-state index >= 15 is 0 Å². The molecule has 0 heterocycles. The van der Waals surface area contributed by atoms with Crippen LogP contribution < -0.4 is 0 Å². The van der Waals surface area contributed by atoms with Gasteiger partial charge in [0, 0.05) is 12.8 Å². The minimum Gasteiger partial charge on any atom is -0.462 e. The molecule has 0 bridgehead atoms. The van der Waals surface area contributed by atoms with Crippen molar-refractivity contribution >= 4 is 11.9 Å². The second-order valence-corrected chi connectivity index (χ2v) is 16.2. The van der Waals surface area contributed by atoms with Crippen LogP contribution in [0.1, 0.15) is 258 Å². The zero-order chi connectivity index (χ0) is 39.3. The fourth-order valence-electron chi connectivity index (χ4n) is 7.07. The van der Waals surface area contributed by atoms with E-state index in [2.05, 4.69) is 38.2 Å². The van der Waals surface area contributed by atoms with Crippen molar-refractivity contribution in [2.24, 2.45) is 0 Å². The van der Waals surface area contributed by atoms with E-state index in [1.165, 1.54) is 193 Å². The largest absolute Gasteiger partial charge is 0.462 e. The van der Waals surface area contributed by atoms with Crippen LogP contribution in [0.2, 0.25) is 0 Å². The van der Waals surface area contributed by atoms with Gasteiger partial charge in [0.05, 0.1) is 6.61 Å². The fraction of sp³-hybridized carbons (Fsp3) is 0.878. The van der Waals surface area contributed by atoms with Gasteiger partial charge in [-0.2, -0.15) is 0 Å². The van der Waals surface area contributed by atoms with E-state index in [4.69, 9.17) is 9.47 Å². The van der Waals surface area contributed by atoms with Gasteiger partial charge < -0.3 is 14.6 Å². The van der Waals surface area contributed by atoms with Crippen LogP contribution in [0.15, 0.2) is 24.3 Å². The number of unbranched alkanes of at least 4 members (excludes halogenated alkanes) is 32. The Bertz CT molecular complexity index is 821. The summed E-state index contributed by atoms with van der Waals surface area (Å²) in [6, 6.07) is 0. The first-order valence-electron chi connectivity index (χ1n) is 23.9. The van der Waals surface area contributed by atoms with E-state index < -0.39 is 6.10 Å². The lowest BCUT2D eigenvalue weighted by Gasteiger charge is -2.15. The van der Waals surface area contributed by atoms with Gasteiger partial charge in [-0.3, -0.25) is 9.59 Å². The van der Waals surface area contributed by atoms with Gasteiger partial charge in [-0.25, -0.2) is 0 Å². The molecule has 0 aliphatic rings. The first-order valence-corrected chi connectivity index (χ1v) is 23.9. The summed E-state index contributed by atoms with van der Waals surface area (Å²) < 4.78 is 10.7. The molecule has 0 aliphatic carbocycles. The van der Waals surface area contributed by atoms with Crippen molar-refractivity contribution in [3.05, 3.63) is 24.3 Å². The topological polar surface area (TPSA) is 72.8 Å². The smallest absolute Gasteiger partial charge is 0.306 e. The number of carbonyl (C=O) groups excluding carboxylic acids is 2. The highest BCUT2D eigenvalue weighted by atomic mass is 16.6. The standard InChI is InChI=1S/C49H92O5/c1-3-5-7-9-11-13-15-17-19-21-22-23-24-25-26-28-30-32-34-36-38-40-42-44-49(52)54-47(45-50)46-53-48(51)43-41-39-37-35-33-31-29-27-20-18-16-14-12-10-8-6-4-2/h18,20-22,47,50H,3-17,19,23-46H2,1-2H3/b20-18-,22-21-. The molecule has 5 nitrogen and oxygen atoms in total. The molecule has 0 aromatic rings. The number of aliphatic hydroxyl groups is 1. The van der Waals surface area contributed by atoms with Crippen molar-refractivity contribution in [2.45, 2.75) is 264 Å². The van der Waals surface area contributed by atoms with E-state index in [9.17, 15) is 14.7 Å². The van der Waals surface area contributed by atoms with Gasteiger partial charge in [-0.1, -0.05) is 205 Å². The van der Waals surface area contributed by atoms with Gasteiger partial charge in [0.1, 0.15) is 6.61 Å². The third kappa shape index (κ3) is 43.1. The number of allylic oxidation sites excluding steroid dienone is 4. The average molecular weight is 761 g/mol. The molecule has 1 unspecified atom stereocenters. The van der Waals surface area contributed by atoms with Crippen molar-refractivity contribution in [3.63, 3.8) is 0 Å². The maximum absolute atomic E-state index is 12.2. The highest BCUT2D eigenvalue weighted by Crippen LogP contribution is 2.15. The second kappa shape index (κ2) is 45.8. The SMILES string of the molecule is CCCCCCCC/C=C\CCCCCCCCCC(=O)OCC(CO)OC(=O)CCCCCCCCCCCCC/C=C\CCCCCCCCCC. The number of hydrogen-bond donors (Lipinski definition) is 1. The molecule has 0 rings (SSSR count). The summed E-state index contributed by atoms with van der Waals surface area (Å²) in [6.07, 6.45) is 55.5. The Labute approximate surface area is 336 Å². The summed E-state index contributed by atoms with van der Waals surface area (Å²) in [5.41, 5.74) is 0. The van der Waals surface area contributed by atoms with Crippen molar-refractivity contribution < 1.29 is 24.2 Å². The van der Waals surface area contributed by atoms with Gasteiger partial charge in [-0.05, 0) is 64.2 Å². The second-order valence-electron chi connectivity index (χ2n) is 16.2. The van der Waals surface area contributed by atoms with Crippen LogP contribution in [-0.2, 0) is 19.1 Å². The molecule has 0 radical (unpaired) electrons. The van der Waals surface area contributed by atoms with Gasteiger partial charge in [0.25, 0.3) is 0 Å². The van der Waals surface area contributed by atoms with Gasteiger partial charge in [0.15, 0.2) is 6.10 Å². The molecule has 0 aromatic heterocycles. The number of hydrogen-bond acceptors (Lipinski definition) is 5. The predicted molar refractivity (Wildman–Crippen MR) is 233 cm³/mol. The molecule has 5 heteroatoms. The molecule has 0 fully saturated rings. The zero-order valence-corrected chi connectivity index (χ0v) is 36.3. The summed E-state index contributed by atoms with van der Waals surface area (Å²) in [5, 5.41) is 9.60. The maximum Gasteiger partial charge on any atom is 0.306 e. The molecule has 0 spiro atoms.